The van der Waals surface area contributed by atoms with Gasteiger partial charge in [0, 0.05) is 6.92 Å². The van der Waals surface area contributed by atoms with Crippen molar-refractivity contribution >= 4 is 44.9 Å². The molecule has 1 aliphatic rings. The van der Waals surface area contributed by atoms with Crippen molar-refractivity contribution in [2.75, 3.05) is 0 Å². The average Bonchev–Trinajstić information content (AvgIpc) is 2.85. The van der Waals surface area contributed by atoms with Crippen LogP contribution in [0.25, 0.3) is 33.2 Å². The molecule has 3 heteroatoms. The van der Waals surface area contributed by atoms with Crippen LogP contribution in [0.2, 0.25) is 0 Å². The molecule has 23 heavy (non-hydrogen) atoms. The molecule has 0 fully saturated rings. The lowest BCUT2D eigenvalue weighted by Crippen LogP contribution is -2.09. The van der Waals surface area contributed by atoms with E-state index in [1.54, 1.807) is 6.08 Å². The average molecular weight is 302 g/mol. The van der Waals surface area contributed by atoms with Gasteiger partial charge in [-0.1, -0.05) is 36.4 Å². The Labute approximate surface area is 132 Å². The van der Waals surface area contributed by atoms with E-state index in [1.807, 2.05) is 30.3 Å². The van der Waals surface area contributed by atoms with Crippen molar-refractivity contribution in [3.05, 3.63) is 59.0 Å². The molecule has 3 nitrogen and oxygen atoms in total. The number of hydrogen-bond acceptors (Lipinski definition) is 3. The van der Waals surface area contributed by atoms with E-state index in [4.69, 9.17) is 4.74 Å². The monoisotopic (exact) mass is 302 g/mol. The third kappa shape index (κ3) is 1.97. The molecule has 0 atom stereocenters. The fourth-order valence-corrected chi connectivity index (χ4v) is 3.39. The first kappa shape index (κ1) is 13.7. The lowest BCUT2D eigenvalue weighted by Gasteiger charge is -2.09. The summed E-state index contributed by atoms with van der Waals surface area (Å²) in [5, 5.41) is 5.40. The first-order valence-electron chi connectivity index (χ1n) is 7.46. The van der Waals surface area contributed by atoms with Crippen LogP contribution in [0.1, 0.15) is 19.4 Å². The fourth-order valence-electron chi connectivity index (χ4n) is 3.39. The molecule has 0 radical (unpaired) electrons. The van der Waals surface area contributed by atoms with Gasteiger partial charge in [-0.2, -0.15) is 0 Å². The van der Waals surface area contributed by atoms with Crippen molar-refractivity contribution in [3.8, 4) is 0 Å². The molecule has 3 aromatic rings. The molecule has 112 valence electrons. The van der Waals surface area contributed by atoms with Crippen molar-refractivity contribution in [1.29, 1.82) is 0 Å². The van der Waals surface area contributed by atoms with Gasteiger partial charge in [0.1, 0.15) is 5.76 Å². The van der Waals surface area contributed by atoms with Crippen LogP contribution < -0.4 is 5.22 Å². The summed E-state index contributed by atoms with van der Waals surface area (Å²) in [6.45, 7) is 2.84. The molecule has 0 saturated carbocycles. The number of ether oxygens (including phenoxy) is 1. The summed E-state index contributed by atoms with van der Waals surface area (Å²) in [6.07, 6.45) is 1.80. The molecule has 0 spiro atoms. The second-order valence-electron chi connectivity index (χ2n) is 5.76. The van der Waals surface area contributed by atoms with Crippen LogP contribution in [0.5, 0.6) is 0 Å². The number of carbonyl (C=O) groups is 2. The first-order chi connectivity index (χ1) is 11.1. The topological polar surface area (TPSA) is 43.4 Å². The normalized spacial score (nSPS) is 13.3. The summed E-state index contributed by atoms with van der Waals surface area (Å²) in [6, 6.07) is 14.2. The fraction of sp³-hybridized carbons (Fsp3) is 0.100. The van der Waals surface area contributed by atoms with Crippen molar-refractivity contribution in [1.82, 2.24) is 0 Å². The SMILES string of the molecule is CC(=O)OC1=C(C(C)=O)c2cc3cccc4cccc(c2=C1)c43. The van der Waals surface area contributed by atoms with E-state index in [0.29, 0.717) is 11.3 Å². The van der Waals surface area contributed by atoms with Crippen LogP contribution in [0.15, 0.2) is 48.2 Å². The molecular formula is C20H14O3. The summed E-state index contributed by atoms with van der Waals surface area (Å²) in [4.78, 5) is 23.5. The van der Waals surface area contributed by atoms with Gasteiger partial charge in [-0.3, -0.25) is 9.59 Å². The molecule has 0 amide bonds. The third-order valence-corrected chi connectivity index (χ3v) is 4.21. The number of esters is 1. The number of ketones is 1. The summed E-state index contributed by atoms with van der Waals surface area (Å²) in [7, 11) is 0. The molecule has 0 bridgehead atoms. The Bertz CT molecular complexity index is 1080. The van der Waals surface area contributed by atoms with Crippen molar-refractivity contribution in [3.63, 3.8) is 0 Å². The summed E-state index contributed by atoms with van der Waals surface area (Å²) >= 11 is 0. The smallest absolute Gasteiger partial charge is 0.308 e. The van der Waals surface area contributed by atoms with E-state index in [2.05, 4.69) is 12.1 Å². The van der Waals surface area contributed by atoms with E-state index in [0.717, 1.165) is 32.3 Å². The lowest BCUT2D eigenvalue weighted by atomic mass is 9.94. The Kier molecular flexibility index (Phi) is 2.85. The van der Waals surface area contributed by atoms with Crippen LogP contribution in [0, 0.1) is 0 Å². The minimum Gasteiger partial charge on any atom is -0.426 e. The van der Waals surface area contributed by atoms with Gasteiger partial charge < -0.3 is 4.74 Å². The molecule has 0 aliphatic heterocycles. The zero-order valence-corrected chi connectivity index (χ0v) is 12.8. The Morgan fingerprint density at radius 1 is 0.957 bits per heavy atom. The Hall–Kier alpha value is -2.94. The highest BCUT2D eigenvalue weighted by Crippen LogP contribution is 2.32. The van der Waals surface area contributed by atoms with Crippen LogP contribution in [0.4, 0.5) is 0 Å². The summed E-state index contributed by atoms with van der Waals surface area (Å²) in [5.74, 6) is -0.188. The summed E-state index contributed by atoms with van der Waals surface area (Å²) in [5.41, 5.74) is 1.31. The van der Waals surface area contributed by atoms with Gasteiger partial charge in [-0.25, -0.2) is 0 Å². The zero-order chi connectivity index (χ0) is 16.1. The van der Waals surface area contributed by atoms with E-state index >= 15 is 0 Å². The van der Waals surface area contributed by atoms with Crippen LogP contribution in [-0.2, 0) is 14.3 Å². The molecule has 0 aromatic heterocycles. The third-order valence-electron chi connectivity index (χ3n) is 4.21. The summed E-state index contributed by atoms with van der Waals surface area (Å²) < 4.78 is 5.27. The maximum absolute atomic E-state index is 12.1. The van der Waals surface area contributed by atoms with Crippen molar-refractivity contribution in [2.24, 2.45) is 0 Å². The molecule has 0 unspecified atom stereocenters. The quantitative estimate of drug-likeness (QED) is 0.682. The van der Waals surface area contributed by atoms with Gasteiger partial charge in [-0.05, 0) is 51.4 Å². The number of Topliss-reactive ketones (excluding diaryl/α,β-unsaturated/α-hetero) is 1. The number of fused-ring (bicyclic) bond motifs is 2. The highest BCUT2D eigenvalue weighted by Gasteiger charge is 2.24. The lowest BCUT2D eigenvalue weighted by molar-refractivity contribution is -0.136. The van der Waals surface area contributed by atoms with Gasteiger partial charge >= 0.3 is 5.97 Å². The number of benzene rings is 3. The Morgan fingerprint density at radius 3 is 2.35 bits per heavy atom. The van der Waals surface area contributed by atoms with Crippen LogP contribution in [-0.4, -0.2) is 11.8 Å². The zero-order valence-electron chi connectivity index (χ0n) is 12.8. The van der Waals surface area contributed by atoms with Crippen LogP contribution in [0.3, 0.4) is 0 Å². The van der Waals surface area contributed by atoms with Crippen molar-refractivity contribution in [2.45, 2.75) is 13.8 Å². The largest absolute Gasteiger partial charge is 0.426 e. The molecule has 0 N–H and O–H groups in total. The maximum Gasteiger partial charge on any atom is 0.308 e. The molecule has 4 rings (SSSR count). The molecule has 0 saturated heterocycles. The predicted molar refractivity (Wildman–Crippen MR) is 90.5 cm³/mol. The number of hydrogen-bond donors (Lipinski definition) is 0. The number of rotatable bonds is 2. The maximum atomic E-state index is 12.1. The predicted octanol–water partition coefficient (Wildman–Crippen LogP) is 3.37. The second-order valence-corrected chi connectivity index (χ2v) is 5.76. The minimum atomic E-state index is -0.425. The van der Waals surface area contributed by atoms with E-state index < -0.39 is 5.97 Å². The standard InChI is InChI=1S/C20H14O3/c1-11(21)19-17-9-14-7-3-5-13-6-4-8-15(20(13)14)16(17)10-18(19)23-12(2)22/h3-10H,1-2H3. The number of allylic oxidation sites excluding steroid dienone is 2. The highest BCUT2D eigenvalue weighted by atomic mass is 16.5. The Morgan fingerprint density at radius 2 is 1.65 bits per heavy atom. The molecule has 1 aliphatic carbocycles. The number of carbonyl (C=O) groups excluding carboxylic acids is 2. The van der Waals surface area contributed by atoms with Gasteiger partial charge in [0.25, 0.3) is 0 Å². The van der Waals surface area contributed by atoms with E-state index in [-0.39, 0.29) is 5.78 Å². The minimum absolute atomic E-state index is 0.106. The van der Waals surface area contributed by atoms with Gasteiger partial charge in [-0.15, -0.1) is 0 Å². The van der Waals surface area contributed by atoms with Crippen LogP contribution >= 0.6 is 0 Å². The van der Waals surface area contributed by atoms with Gasteiger partial charge in [0.05, 0.1) is 5.57 Å². The van der Waals surface area contributed by atoms with Crippen molar-refractivity contribution < 1.29 is 14.3 Å². The van der Waals surface area contributed by atoms with E-state index in [9.17, 15) is 9.59 Å². The molecule has 0 heterocycles. The Balaban J connectivity index is 2.14. The second kappa shape index (κ2) is 4.78. The van der Waals surface area contributed by atoms with Gasteiger partial charge in [0.15, 0.2) is 5.78 Å². The molecular weight excluding hydrogens is 288 g/mol. The molecule has 3 aromatic carbocycles. The van der Waals surface area contributed by atoms with Gasteiger partial charge in [0.2, 0.25) is 0 Å². The highest BCUT2D eigenvalue weighted by molar-refractivity contribution is 6.25. The van der Waals surface area contributed by atoms with E-state index in [1.165, 1.54) is 13.8 Å². The first-order valence-corrected chi connectivity index (χ1v) is 7.46.